The second kappa shape index (κ2) is 5.86. The van der Waals surface area contributed by atoms with E-state index < -0.39 is 22.7 Å². The van der Waals surface area contributed by atoms with E-state index in [2.05, 4.69) is 38.1 Å². The maximum absolute atomic E-state index is 14.0. The van der Waals surface area contributed by atoms with E-state index in [-0.39, 0.29) is 11.8 Å². The van der Waals surface area contributed by atoms with Crippen molar-refractivity contribution in [2.24, 2.45) is 11.8 Å². The number of rotatable bonds is 1. The van der Waals surface area contributed by atoms with Crippen LogP contribution >= 0.6 is 11.6 Å². The van der Waals surface area contributed by atoms with Crippen LogP contribution in [-0.4, -0.2) is 11.8 Å². The number of imide groups is 1. The molecule has 0 radical (unpaired) electrons. The molecule has 3 aromatic carbocycles. The molecule has 0 unspecified atom stereocenters. The Bertz CT molecular complexity index is 1190. The first-order valence-electron chi connectivity index (χ1n) is 10.6. The van der Waals surface area contributed by atoms with Crippen LogP contribution in [0.3, 0.4) is 0 Å². The van der Waals surface area contributed by atoms with Gasteiger partial charge >= 0.3 is 0 Å². The third-order valence-electron chi connectivity index (χ3n) is 8.06. The standard InChI is InChI=1S/C27H22ClNO2/c1-15-12-13-16(14-21(15)28)29-24(30)22-23(25(29)31)27(3)19-10-6-4-8-17(19)26(22,2)18-9-5-7-11-20(18)27/h4-14,22-23H,1-3H3/t22-,23-,26?,27?/m1/s1. The summed E-state index contributed by atoms with van der Waals surface area (Å²) in [5.74, 6) is -1.16. The number of carbonyl (C=O) groups is 2. The molecule has 154 valence electrons. The van der Waals surface area contributed by atoms with Gasteiger partial charge in [0.1, 0.15) is 0 Å². The van der Waals surface area contributed by atoms with Crippen molar-refractivity contribution in [1.82, 2.24) is 0 Å². The molecule has 0 saturated carbocycles. The molecule has 7 rings (SSSR count). The molecule has 0 spiro atoms. The highest BCUT2D eigenvalue weighted by Crippen LogP contribution is 2.66. The van der Waals surface area contributed by atoms with Gasteiger partial charge in [-0.25, -0.2) is 4.90 Å². The second-order valence-corrected chi connectivity index (χ2v) is 9.80. The molecule has 31 heavy (non-hydrogen) atoms. The van der Waals surface area contributed by atoms with Crippen LogP contribution in [0.15, 0.2) is 66.7 Å². The van der Waals surface area contributed by atoms with E-state index in [0.29, 0.717) is 10.7 Å². The van der Waals surface area contributed by atoms with Crippen molar-refractivity contribution in [2.75, 3.05) is 4.90 Å². The Morgan fingerprint density at radius 1 is 0.742 bits per heavy atom. The van der Waals surface area contributed by atoms with Crippen LogP contribution < -0.4 is 4.90 Å². The highest BCUT2D eigenvalue weighted by Gasteiger charge is 2.70. The van der Waals surface area contributed by atoms with Gasteiger partial charge in [-0.05, 0) is 46.9 Å². The quantitative estimate of drug-likeness (QED) is 0.488. The number of anilines is 1. The predicted molar refractivity (Wildman–Crippen MR) is 121 cm³/mol. The minimum absolute atomic E-state index is 0.132. The van der Waals surface area contributed by atoms with Crippen LogP contribution in [0.25, 0.3) is 0 Å². The minimum Gasteiger partial charge on any atom is -0.274 e. The Kier molecular flexibility index (Phi) is 3.56. The normalized spacial score (nSPS) is 30.3. The molecule has 1 heterocycles. The second-order valence-electron chi connectivity index (χ2n) is 9.40. The summed E-state index contributed by atoms with van der Waals surface area (Å²) in [7, 11) is 0. The Balaban J connectivity index is 1.65. The highest BCUT2D eigenvalue weighted by atomic mass is 35.5. The molecule has 3 aromatic rings. The predicted octanol–water partition coefficient (Wildman–Crippen LogP) is 5.39. The van der Waals surface area contributed by atoms with Crippen molar-refractivity contribution in [1.29, 1.82) is 0 Å². The fourth-order valence-electron chi connectivity index (χ4n) is 6.55. The number of hydrogen-bond acceptors (Lipinski definition) is 2. The van der Waals surface area contributed by atoms with Crippen LogP contribution in [-0.2, 0) is 20.4 Å². The molecule has 4 aliphatic rings. The lowest BCUT2D eigenvalue weighted by Gasteiger charge is -2.57. The highest BCUT2D eigenvalue weighted by molar-refractivity contribution is 6.32. The summed E-state index contributed by atoms with van der Waals surface area (Å²) in [5.41, 5.74) is 4.96. The fourth-order valence-corrected chi connectivity index (χ4v) is 6.72. The van der Waals surface area contributed by atoms with Gasteiger partial charge in [0.2, 0.25) is 11.8 Å². The molecule has 1 fully saturated rings. The molecule has 2 bridgehead atoms. The summed E-state index contributed by atoms with van der Waals surface area (Å²) >= 11 is 6.36. The van der Waals surface area contributed by atoms with Gasteiger partial charge in [-0.15, -0.1) is 0 Å². The van der Waals surface area contributed by atoms with Crippen LogP contribution in [0.1, 0.15) is 41.7 Å². The maximum Gasteiger partial charge on any atom is 0.238 e. The number of amides is 2. The number of halogens is 1. The Labute approximate surface area is 186 Å². The fraction of sp³-hybridized carbons (Fsp3) is 0.259. The summed E-state index contributed by atoms with van der Waals surface area (Å²) in [6.07, 6.45) is 0. The summed E-state index contributed by atoms with van der Waals surface area (Å²) in [6.45, 7) is 6.19. The monoisotopic (exact) mass is 427 g/mol. The van der Waals surface area contributed by atoms with Crippen LogP contribution in [0.4, 0.5) is 5.69 Å². The van der Waals surface area contributed by atoms with Gasteiger partial charge in [-0.2, -0.15) is 0 Å². The molecular formula is C27H22ClNO2. The Morgan fingerprint density at radius 3 is 1.55 bits per heavy atom. The van der Waals surface area contributed by atoms with Crippen LogP contribution in [0.2, 0.25) is 5.02 Å². The molecule has 1 aliphatic heterocycles. The van der Waals surface area contributed by atoms with Gasteiger partial charge in [-0.3, -0.25) is 9.59 Å². The van der Waals surface area contributed by atoms with Crippen molar-refractivity contribution >= 4 is 29.1 Å². The average Bonchev–Trinajstić information content (AvgIpc) is 3.05. The third-order valence-corrected chi connectivity index (χ3v) is 8.46. The van der Waals surface area contributed by atoms with E-state index in [0.717, 1.165) is 27.8 Å². The molecule has 1 saturated heterocycles. The molecular weight excluding hydrogens is 406 g/mol. The number of hydrogen-bond donors (Lipinski definition) is 0. The van der Waals surface area contributed by atoms with Crippen molar-refractivity contribution < 1.29 is 9.59 Å². The molecule has 4 heteroatoms. The zero-order chi connectivity index (χ0) is 21.7. The van der Waals surface area contributed by atoms with E-state index >= 15 is 0 Å². The number of aryl methyl sites for hydroxylation is 1. The zero-order valence-corrected chi connectivity index (χ0v) is 18.4. The zero-order valence-electron chi connectivity index (χ0n) is 17.6. The van der Waals surface area contributed by atoms with Gasteiger partial charge in [0.15, 0.2) is 0 Å². The summed E-state index contributed by atoms with van der Waals surface area (Å²) in [6, 6.07) is 22.1. The molecule has 3 nitrogen and oxygen atoms in total. The lowest BCUT2D eigenvalue weighted by Crippen LogP contribution is -2.59. The van der Waals surface area contributed by atoms with Crippen molar-refractivity contribution in [3.8, 4) is 0 Å². The topological polar surface area (TPSA) is 37.4 Å². The number of nitrogens with zero attached hydrogens (tertiary/aromatic N) is 1. The first-order chi connectivity index (χ1) is 14.8. The number of benzene rings is 3. The Hall–Kier alpha value is -2.91. The minimum atomic E-state index is -0.564. The SMILES string of the molecule is Cc1ccc(N2C(=O)[C@H]3[C@H](C2=O)C2(C)c4ccccc4C3(C)c3ccccc32)cc1Cl. The molecule has 2 atom stereocenters. The summed E-state index contributed by atoms with van der Waals surface area (Å²) in [5, 5.41) is 0.555. The molecule has 3 aliphatic carbocycles. The smallest absolute Gasteiger partial charge is 0.238 e. The van der Waals surface area contributed by atoms with E-state index in [9.17, 15) is 9.59 Å². The Morgan fingerprint density at radius 2 is 1.16 bits per heavy atom. The number of carbonyl (C=O) groups excluding carboxylic acids is 2. The van der Waals surface area contributed by atoms with Gasteiger partial charge in [0.05, 0.1) is 17.5 Å². The van der Waals surface area contributed by atoms with Crippen LogP contribution in [0.5, 0.6) is 0 Å². The third kappa shape index (κ3) is 2.01. The largest absolute Gasteiger partial charge is 0.274 e. The van der Waals surface area contributed by atoms with Gasteiger partial charge in [0.25, 0.3) is 0 Å². The average molecular weight is 428 g/mol. The first kappa shape index (κ1) is 18.8. The maximum atomic E-state index is 14.0. The van der Waals surface area contributed by atoms with E-state index in [1.54, 1.807) is 6.07 Å². The van der Waals surface area contributed by atoms with E-state index in [1.165, 1.54) is 4.90 Å². The summed E-state index contributed by atoms with van der Waals surface area (Å²) in [4.78, 5) is 29.3. The van der Waals surface area contributed by atoms with Crippen LogP contribution in [0, 0.1) is 18.8 Å². The van der Waals surface area contributed by atoms with Crippen molar-refractivity contribution in [3.05, 3.63) is 99.6 Å². The lowest BCUT2D eigenvalue weighted by atomic mass is 9.42. The van der Waals surface area contributed by atoms with Gasteiger partial charge in [0, 0.05) is 15.9 Å². The molecule has 0 N–H and O–H groups in total. The molecule has 2 amide bonds. The van der Waals surface area contributed by atoms with E-state index in [4.69, 9.17) is 11.6 Å². The van der Waals surface area contributed by atoms with E-state index in [1.807, 2.05) is 43.3 Å². The first-order valence-corrected chi connectivity index (χ1v) is 11.0. The molecule has 0 aromatic heterocycles. The van der Waals surface area contributed by atoms with Gasteiger partial charge in [-0.1, -0.05) is 80.0 Å². The van der Waals surface area contributed by atoms with Gasteiger partial charge < -0.3 is 0 Å². The summed E-state index contributed by atoms with van der Waals surface area (Å²) < 4.78 is 0. The lowest BCUT2D eigenvalue weighted by molar-refractivity contribution is -0.124. The van der Waals surface area contributed by atoms with Crippen molar-refractivity contribution in [3.63, 3.8) is 0 Å². The van der Waals surface area contributed by atoms with Crippen molar-refractivity contribution in [2.45, 2.75) is 31.6 Å².